The van der Waals surface area contributed by atoms with Crippen LogP contribution in [-0.2, 0) is 0 Å². The van der Waals surface area contributed by atoms with Gasteiger partial charge in [-0.25, -0.2) is 0 Å². The molecule has 0 fully saturated rings. The second-order valence-electron chi connectivity index (χ2n) is 3.58. The Labute approximate surface area is 96.5 Å². The minimum Gasteiger partial charge on any atom is -0.396 e. The van der Waals surface area contributed by atoms with Crippen molar-refractivity contribution in [1.82, 2.24) is 10.2 Å². The van der Waals surface area contributed by atoms with Gasteiger partial charge in [0.25, 0.3) is 0 Å². The molecule has 0 aromatic carbocycles. The van der Waals surface area contributed by atoms with Crippen LogP contribution in [0.2, 0.25) is 0 Å². The summed E-state index contributed by atoms with van der Waals surface area (Å²) >= 11 is 0. The molecule has 0 rings (SSSR count). The maximum Gasteiger partial charge on any atom is 0.0558 e. The summed E-state index contributed by atoms with van der Waals surface area (Å²) in [6.45, 7) is 2.29. The van der Waals surface area contributed by atoms with Gasteiger partial charge in [-0.3, -0.25) is 4.90 Å². The predicted octanol–water partition coefficient (Wildman–Crippen LogP) is -2.39. The average Bonchev–Trinajstić information content (AvgIpc) is 2.28. The largest absolute Gasteiger partial charge is 0.396 e. The van der Waals surface area contributed by atoms with Crippen molar-refractivity contribution in [2.45, 2.75) is 12.5 Å². The third-order valence-electron chi connectivity index (χ3n) is 2.42. The van der Waals surface area contributed by atoms with Crippen LogP contribution in [-0.4, -0.2) is 84.0 Å². The van der Waals surface area contributed by atoms with E-state index in [4.69, 9.17) is 20.4 Å². The summed E-state index contributed by atoms with van der Waals surface area (Å²) < 4.78 is 0. The lowest BCUT2D eigenvalue weighted by molar-refractivity contribution is 0.103. The van der Waals surface area contributed by atoms with E-state index in [1.54, 1.807) is 0 Å². The lowest BCUT2D eigenvalue weighted by Gasteiger charge is -2.30. The van der Waals surface area contributed by atoms with E-state index in [9.17, 15) is 0 Å². The molecule has 5 N–H and O–H groups in total. The average molecular weight is 236 g/mol. The Bertz CT molecular complexity index is 143. The second-order valence-corrected chi connectivity index (χ2v) is 3.58. The molecule has 98 valence electrons. The maximum atomic E-state index is 8.95. The van der Waals surface area contributed by atoms with Gasteiger partial charge in [0, 0.05) is 38.8 Å². The topological polar surface area (TPSA) is 96.2 Å². The fourth-order valence-electron chi connectivity index (χ4n) is 1.64. The van der Waals surface area contributed by atoms with Crippen molar-refractivity contribution >= 4 is 0 Å². The molecule has 0 heterocycles. The maximum absolute atomic E-state index is 8.95. The molecule has 0 aromatic heterocycles. The van der Waals surface area contributed by atoms with Crippen LogP contribution in [0.15, 0.2) is 0 Å². The molecule has 1 unspecified atom stereocenters. The molecule has 6 nitrogen and oxygen atoms in total. The van der Waals surface area contributed by atoms with E-state index in [-0.39, 0.29) is 32.5 Å². The normalized spacial score (nSPS) is 13.3. The van der Waals surface area contributed by atoms with Crippen LogP contribution < -0.4 is 5.32 Å². The highest BCUT2D eigenvalue weighted by atomic mass is 16.3. The summed E-state index contributed by atoms with van der Waals surface area (Å²) in [5, 5.41) is 38.5. The molecule has 0 aliphatic rings. The summed E-state index contributed by atoms with van der Waals surface area (Å²) in [5.74, 6) is 0. The Balaban J connectivity index is 4.08. The number of hydrogen-bond donors (Lipinski definition) is 5. The molecule has 0 amide bonds. The lowest BCUT2D eigenvalue weighted by atomic mass is 10.1. The lowest BCUT2D eigenvalue weighted by Crippen LogP contribution is -2.46. The molecule has 0 aromatic rings. The number of aliphatic hydroxyl groups is 4. The third kappa shape index (κ3) is 7.10. The van der Waals surface area contributed by atoms with E-state index in [1.165, 1.54) is 0 Å². The number of nitrogens with zero attached hydrogens (tertiary/aromatic N) is 1. The van der Waals surface area contributed by atoms with Crippen molar-refractivity contribution in [1.29, 1.82) is 0 Å². The summed E-state index contributed by atoms with van der Waals surface area (Å²) in [6, 6.07) is 0.0656. The van der Waals surface area contributed by atoms with Gasteiger partial charge in [-0.05, 0) is 6.42 Å². The number of rotatable bonds is 11. The summed E-state index contributed by atoms with van der Waals surface area (Å²) in [6.07, 6.45) is 0.582. The Hall–Kier alpha value is -0.240. The van der Waals surface area contributed by atoms with Gasteiger partial charge in [0.1, 0.15) is 0 Å². The second kappa shape index (κ2) is 11.3. The fourth-order valence-corrected chi connectivity index (χ4v) is 1.64. The van der Waals surface area contributed by atoms with Gasteiger partial charge >= 0.3 is 0 Å². The van der Waals surface area contributed by atoms with Gasteiger partial charge in [0.15, 0.2) is 0 Å². The highest BCUT2D eigenvalue weighted by molar-refractivity contribution is 4.74. The minimum atomic E-state index is 0.0297. The van der Waals surface area contributed by atoms with Crippen LogP contribution in [0.5, 0.6) is 0 Å². The van der Waals surface area contributed by atoms with Gasteiger partial charge in [0.05, 0.1) is 19.8 Å². The number of hydrogen-bond acceptors (Lipinski definition) is 6. The first kappa shape index (κ1) is 15.8. The quantitative estimate of drug-likeness (QED) is 0.257. The van der Waals surface area contributed by atoms with Crippen LogP contribution >= 0.6 is 0 Å². The van der Waals surface area contributed by atoms with Crippen molar-refractivity contribution < 1.29 is 20.4 Å². The third-order valence-corrected chi connectivity index (χ3v) is 2.42. The van der Waals surface area contributed by atoms with Crippen molar-refractivity contribution in [2.24, 2.45) is 0 Å². The van der Waals surface area contributed by atoms with Gasteiger partial charge in [0.2, 0.25) is 0 Å². The first-order valence-corrected chi connectivity index (χ1v) is 5.68. The SMILES string of the molecule is OCCNCC(CCO)N(CCO)CCO. The molecule has 0 bridgehead atoms. The van der Waals surface area contributed by atoms with Crippen molar-refractivity contribution in [3.63, 3.8) is 0 Å². The fraction of sp³-hybridized carbons (Fsp3) is 1.00. The molecule has 0 aliphatic carbocycles. The van der Waals surface area contributed by atoms with Crippen LogP contribution in [0.3, 0.4) is 0 Å². The van der Waals surface area contributed by atoms with E-state index < -0.39 is 0 Å². The molecular weight excluding hydrogens is 212 g/mol. The summed E-state index contributed by atoms with van der Waals surface area (Å²) in [5.41, 5.74) is 0. The molecular formula is C10H24N2O4. The summed E-state index contributed by atoms with van der Waals surface area (Å²) in [4.78, 5) is 1.93. The van der Waals surface area contributed by atoms with Crippen LogP contribution in [0.25, 0.3) is 0 Å². The smallest absolute Gasteiger partial charge is 0.0558 e. The first-order valence-electron chi connectivity index (χ1n) is 5.68. The number of nitrogens with one attached hydrogen (secondary N) is 1. The highest BCUT2D eigenvalue weighted by Crippen LogP contribution is 2.02. The Morgan fingerprint density at radius 2 is 1.50 bits per heavy atom. The predicted molar refractivity (Wildman–Crippen MR) is 61.2 cm³/mol. The highest BCUT2D eigenvalue weighted by Gasteiger charge is 2.16. The number of aliphatic hydroxyl groups excluding tert-OH is 4. The van der Waals surface area contributed by atoms with E-state index in [0.717, 1.165) is 0 Å². The zero-order valence-corrected chi connectivity index (χ0v) is 9.68. The van der Waals surface area contributed by atoms with Gasteiger partial charge < -0.3 is 25.7 Å². The summed E-state index contributed by atoms with van der Waals surface area (Å²) in [7, 11) is 0. The molecule has 6 heteroatoms. The molecule has 1 atom stereocenters. The molecule has 16 heavy (non-hydrogen) atoms. The van der Waals surface area contributed by atoms with Crippen LogP contribution in [0.4, 0.5) is 0 Å². The molecule has 0 aliphatic heterocycles. The molecule has 0 saturated heterocycles. The van der Waals surface area contributed by atoms with Crippen molar-refractivity contribution in [2.75, 3.05) is 52.6 Å². The van der Waals surface area contributed by atoms with Gasteiger partial charge in [-0.15, -0.1) is 0 Å². The van der Waals surface area contributed by atoms with Gasteiger partial charge in [-0.1, -0.05) is 0 Å². The van der Waals surface area contributed by atoms with E-state index in [0.29, 0.717) is 32.6 Å². The Morgan fingerprint density at radius 1 is 0.875 bits per heavy atom. The monoisotopic (exact) mass is 236 g/mol. The molecule has 0 spiro atoms. The van der Waals surface area contributed by atoms with Crippen LogP contribution in [0.1, 0.15) is 6.42 Å². The van der Waals surface area contributed by atoms with E-state index in [2.05, 4.69) is 5.32 Å². The zero-order valence-electron chi connectivity index (χ0n) is 9.68. The van der Waals surface area contributed by atoms with Gasteiger partial charge in [-0.2, -0.15) is 0 Å². The van der Waals surface area contributed by atoms with Crippen LogP contribution in [0, 0.1) is 0 Å². The Kier molecular flexibility index (Phi) is 11.1. The van der Waals surface area contributed by atoms with E-state index >= 15 is 0 Å². The molecule has 0 radical (unpaired) electrons. The zero-order chi connectivity index (χ0) is 12.2. The standard InChI is InChI=1S/C10H24N2O4/c13-5-1-10(9-11-2-6-14)12(3-7-15)4-8-16/h10-11,13-16H,1-9H2. The Morgan fingerprint density at radius 3 is 1.94 bits per heavy atom. The minimum absolute atomic E-state index is 0.0297. The van der Waals surface area contributed by atoms with Crippen molar-refractivity contribution in [3.05, 3.63) is 0 Å². The van der Waals surface area contributed by atoms with Crippen molar-refractivity contribution in [3.8, 4) is 0 Å². The molecule has 0 saturated carbocycles. The van der Waals surface area contributed by atoms with E-state index in [1.807, 2.05) is 4.90 Å². The first-order chi connectivity index (χ1) is 7.79.